The molecule has 0 saturated carbocycles. The molecule has 66 valence electrons. The monoisotopic (exact) mass is 162 g/mol. The van der Waals surface area contributed by atoms with Crippen LogP contribution in [0.25, 0.3) is 0 Å². The van der Waals surface area contributed by atoms with Crippen molar-refractivity contribution in [3.63, 3.8) is 0 Å². The molecule has 0 bridgehead atoms. The van der Waals surface area contributed by atoms with Gasteiger partial charge in [0, 0.05) is 0 Å². The summed E-state index contributed by atoms with van der Waals surface area (Å²) in [4.78, 5) is 10.2. The third kappa shape index (κ3) is 2.81. The van der Waals surface area contributed by atoms with Gasteiger partial charge in [0.25, 0.3) is 0 Å². The average Bonchev–Trinajstić information content (AvgIpc) is 1.56. The third-order valence-electron chi connectivity index (χ3n) is 1.12. The van der Waals surface area contributed by atoms with Gasteiger partial charge in [0.05, 0.1) is 5.29 Å². The van der Waals surface area contributed by atoms with Crippen LogP contribution in [0.5, 0.6) is 0 Å². The summed E-state index contributed by atoms with van der Waals surface area (Å²) in [6.45, 7) is 5.47. The van der Waals surface area contributed by atoms with Gasteiger partial charge in [-0.25, -0.2) is 5.01 Å². The van der Waals surface area contributed by atoms with Crippen molar-refractivity contribution in [2.75, 3.05) is 0 Å². The second kappa shape index (κ2) is 2.75. The molecule has 5 heteroatoms. The first kappa shape index (κ1) is 10.3. The fourth-order valence-electron chi connectivity index (χ4n) is 0.869. The van der Waals surface area contributed by atoms with Crippen molar-refractivity contribution in [3.8, 4) is 0 Å². The van der Waals surface area contributed by atoms with Crippen molar-refractivity contribution in [2.45, 2.75) is 39.1 Å². The number of hydrogen-bond donors (Lipinski definition) is 2. The van der Waals surface area contributed by atoms with Crippen LogP contribution in [0.1, 0.15) is 27.7 Å². The number of nitroso groups, excluding NO2 is 1. The van der Waals surface area contributed by atoms with Crippen LogP contribution in [0.3, 0.4) is 0 Å². The Morgan fingerprint density at radius 1 is 1.09 bits per heavy atom. The van der Waals surface area contributed by atoms with Crippen LogP contribution in [-0.4, -0.2) is 26.7 Å². The predicted octanol–water partition coefficient (Wildman–Crippen LogP) is 0.427. The summed E-state index contributed by atoms with van der Waals surface area (Å²) in [5, 5.41) is 21.8. The van der Waals surface area contributed by atoms with Crippen LogP contribution >= 0.6 is 0 Å². The summed E-state index contributed by atoms with van der Waals surface area (Å²) in [7, 11) is 0. The Balaban J connectivity index is 4.56. The largest absolute Gasteiger partial charge is 0.370 e. The minimum Gasteiger partial charge on any atom is -0.370 e. The molecule has 11 heavy (non-hydrogen) atoms. The molecule has 0 radical (unpaired) electrons. The molecule has 0 aromatic carbocycles. The third-order valence-corrected chi connectivity index (χ3v) is 1.12. The Bertz CT molecular complexity index is 131. The average molecular weight is 162 g/mol. The van der Waals surface area contributed by atoms with Gasteiger partial charge < -0.3 is 10.2 Å². The summed E-state index contributed by atoms with van der Waals surface area (Å²) >= 11 is 0. The Morgan fingerprint density at radius 2 is 1.36 bits per heavy atom. The van der Waals surface area contributed by atoms with E-state index in [9.17, 15) is 15.1 Å². The molecule has 0 aromatic rings. The van der Waals surface area contributed by atoms with Crippen LogP contribution in [-0.2, 0) is 0 Å². The maximum atomic E-state index is 10.2. The van der Waals surface area contributed by atoms with E-state index in [1.54, 1.807) is 0 Å². The van der Waals surface area contributed by atoms with Gasteiger partial charge in [-0.2, -0.15) is 0 Å². The molecule has 0 heterocycles. The van der Waals surface area contributed by atoms with Crippen molar-refractivity contribution < 1.29 is 10.2 Å². The molecule has 0 atom stereocenters. The zero-order valence-corrected chi connectivity index (χ0v) is 7.20. The first-order valence-corrected chi connectivity index (χ1v) is 3.28. The second-order valence-corrected chi connectivity index (χ2v) is 3.38. The molecule has 0 aliphatic carbocycles. The van der Waals surface area contributed by atoms with Crippen molar-refractivity contribution in [1.82, 2.24) is 5.01 Å². The molecule has 5 nitrogen and oxygen atoms in total. The van der Waals surface area contributed by atoms with E-state index in [4.69, 9.17) is 0 Å². The summed E-state index contributed by atoms with van der Waals surface area (Å²) in [5.41, 5.74) is -2.89. The highest BCUT2D eigenvalue weighted by Crippen LogP contribution is 2.20. The zero-order valence-electron chi connectivity index (χ0n) is 7.20. The quantitative estimate of drug-likeness (QED) is 0.358. The minimum absolute atomic E-state index is 0.681. The Kier molecular flexibility index (Phi) is 2.58. The number of rotatable bonds is 3. The van der Waals surface area contributed by atoms with E-state index >= 15 is 0 Å². The van der Waals surface area contributed by atoms with Crippen LogP contribution in [0.4, 0.5) is 0 Å². The van der Waals surface area contributed by atoms with Crippen molar-refractivity contribution in [1.29, 1.82) is 0 Å². The highest BCUT2D eigenvalue weighted by Gasteiger charge is 2.35. The Hall–Kier alpha value is -0.680. The molecule has 0 spiro atoms. The van der Waals surface area contributed by atoms with E-state index in [2.05, 4.69) is 5.29 Å². The molecule has 0 fully saturated rings. The topological polar surface area (TPSA) is 73.1 Å². The number of aliphatic hydroxyl groups is 2. The fourth-order valence-corrected chi connectivity index (χ4v) is 0.869. The highest BCUT2D eigenvalue weighted by atomic mass is 16.4. The van der Waals surface area contributed by atoms with E-state index in [1.165, 1.54) is 27.7 Å². The van der Waals surface area contributed by atoms with Crippen LogP contribution in [0, 0.1) is 4.91 Å². The SMILES string of the molecule is CC(C)(O)N(N=O)C(C)(C)O. The van der Waals surface area contributed by atoms with Crippen LogP contribution in [0.15, 0.2) is 5.29 Å². The van der Waals surface area contributed by atoms with E-state index in [0.29, 0.717) is 5.01 Å². The molecule has 0 rings (SSSR count). The van der Waals surface area contributed by atoms with Gasteiger partial charge in [-0.3, -0.25) is 0 Å². The lowest BCUT2D eigenvalue weighted by molar-refractivity contribution is -0.200. The van der Waals surface area contributed by atoms with Crippen LogP contribution in [0.2, 0.25) is 0 Å². The molecule has 0 unspecified atom stereocenters. The Morgan fingerprint density at radius 3 is 1.36 bits per heavy atom. The lowest BCUT2D eigenvalue weighted by Crippen LogP contribution is -2.52. The van der Waals surface area contributed by atoms with Gasteiger partial charge in [-0.05, 0) is 27.7 Å². The molecule has 0 aromatic heterocycles. The predicted molar refractivity (Wildman–Crippen MR) is 40.2 cm³/mol. The van der Waals surface area contributed by atoms with Gasteiger partial charge in [0.15, 0.2) is 11.4 Å². The number of nitrogens with zero attached hydrogens (tertiary/aromatic N) is 2. The lowest BCUT2D eigenvalue weighted by Gasteiger charge is -2.36. The first-order valence-electron chi connectivity index (χ1n) is 3.28. The van der Waals surface area contributed by atoms with E-state index in [1.807, 2.05) is 0 Å². The van der Waals surface area contributed by atoms with Gasteiger partial charge in [0.2, 0.25) is 0 Å². The minimum atomic E-state index is -1.44. The smallest absolute Gasteiger partial charge is 0.154 e. The first-order chi connectivity index (χ1) is 4.69. The van der Waals surface area contributed by atoms with Crippen LogP contribution < -0.4 is 0 Å². The molecule has 0 aliphatic heterocycles. The van der Waals surface area contributed by atoms with E-state index in [-0.39, 0.29) is 0 Å². The zero-order chi connectivity index (χ0) is 9.28. The Labute approximate surface area is 65.6 Å². The maximum Gasteiger partial charge on any atom is 0.154 e. The molecular weight excluding hydrogens is 148 g/mol. The summed E-state index contributed by atoms with van der Waals surface area (Å²) in [5.74, 6) is 0. The molecular formula is C6H14N2O3. The fraction of sp³-hybridized carbons (Fsp3) is 1.00. The highest BCUT2D eigenvalue weighted by molar-refractivity contribution is 4.73. The molecule has 0 aliphatic rings. The summed E-state index contributed by atoms with van der Waals surface area (Å²) in [6, 6.07) is 0. The van der Waals surface area contributed by atoms with Gasteiger partial charge >= 0.3 is 0 Å². The van der Waals surface area contributed by atoms with Gasteiger partial charge in [0.1, 0.15) is 0 Å². The normalized spacial score (nSPS) is 12.9. The maximum absolute atomic E-state index is 10.2. The van der Waals surface area contributed by atoms with Gasteiger partial charge in [-0.15, -0.1) is 4.91 Å². The standard InChI is InChI=1S/C6H14N2O3/c1-5(2,9)8(7-11)6(3,4)10/h9-10H,1-4H3. The molecule has 2 N–H and O–H groups in total. The van der Waals surface area contributed by atoms with Crippen molar-refractivity contribution in [3.05, 3.63) is 4.91 Å². The molecule has 0 amide bonds. The summed E-state index contributed by atoms with van der Waals surface area (Å²) < 4.78 is 0. The number of hydrogen-bond acceptors (Lipinski definition) is 4. The molecule has 0 saturated heterocycles. The lowest BCUT2D eigenvalue weighted by atomic mass is 10.2. The second-order valence-electron chi connectivity index (χ2n) is 3.38. The van der Waals surface area contributed by atoms with Gasteiger partial charge in [-0.1, -0.05) is 0 Å². The van der Waals surface area contributed by atoms with Crippen molar-refractivity contribution >= 4 is 0 Å². The van der Waals surface area contributed by atoms with E-state index in [0.717, 1.165) is 0 Å². The summed E-state index contributed by atoms with van der Waals surface area (Å²) in [6.07, 6.45) is 0. The van der Waals surface area contributed by atoms with E-state index < -0.39 is 11.4 Å². The van der Waals surface area contributed by atoms with Crippen molar-refractivity contribution in [2.24, 2.45) is 5.29 Å².